The number of likely N-dealkylation sites (tertiary alicyclic amines) is 1. The molecule has 0 saturated carbocycles. The van der Waals surface area contributed by atoms with E-state index in [-0.39, 0.29) is 0 Å². The maximum absolute atomic E-state index is 10.8. The van der Waals surface area contributed by atoms with Crippen molar-refractivity contribution in [2.24, 2.45) is 0 Å². The van der Waals surface area contributed by atoms with Gasteiger partial charge in [-0.25, -0.2) is 0 Å². The van der Waals surface area contributed by atoms with E-state index in [2.05, 4.69) is 10.2 Å². The molecule has 1 fully saturated rings. The summed E-state index contributed by atoms with van der Waals surface area (Å²) in [5, 5.41) is 11.7. The molecule has 1 rings (SSSR count). The molecule has 0 aromatic rings. The van der Waals surface area contributed by atoms with E-state index in [1.807, 2.05) is 6.92 Å². The molecule has 0 aromatic carbocycles. The van der Waals surface area contributed by atoms with Gasteiger partial charge in [0.05, 0.1) is 6.10 Å². The van der Waals surface area contributed by atoms with Gasteiger partial charge in [0.2, 0.25) is 0 Å². The fraction of sp³-hybridized carbons (Fsp3) is 0.917. The van der Waals surface area contributed by atoms with Crippen molar-refractivity contribution in [3.63, 3.8) is 0 Å². The van der Waals surface area contributed by atoms with E-state index in [9.17, 15) is 4.79 Å². The molecule has 1 atom stereocenters. The molecule has 0 spiro atoms. The van der Waals surface area contributed by atoms with Crippen LogP contribution in [0.15, 0.2) is 0 Å². The molecule has 17 heavy (non-hydrogen) atoms. The quantitative estimate of drug-likeness (QED) is 0.685. The van der Waals surface area contributed by atoms with Crippen molar-refractivity contribution in [2.75, 3.05) is 33.3 Å². The van der Waals surface area contributed by atoms with Gasteiger partial charge in [0.25, 0.3) is 0 Å². The highest BCUT2D eigenvalue weighted by Crippen LogP contribution is 2.14. The number of carbonyl (C=O) groups is 1. The van der Waals surface area contributed by atoms with Crippen LogP contribution in [-0.4, -0.2) is 61.4 Å². The summed E-state index contributed by atoms with van der Waals surface area (Å²) in [6, 6.07) is -0.431. The third-order valence-electron chi connectivity index (χ3n) is 3.32. The summed E-state index contributed by atoms with van der Waals surface area (Å²) >= 11 is 0. The number of aliphatic carboxylic acids is 1. The van der Waals surface area contributed by atoms with Gasteiger partial charge in [0, 0.05) is 26.2 Å². The number of hydrogen-bond donors (Lipinski definition) is 2. The van der Waals surface area contributed by atoms with Gasteiger partial charge in [-0.05, 0) is 33.2 Å². The summed E-state index contributed by atoms with van der Waals surface area (Å²) in [7, 11) is 1.69. The predicted octanol–water partition coefficient (Wildman–Crippen LogP) is 0.550. The molecule has 1 aliphatic heterocycles. The van der Waals surface area contributed by atoms with Gasteiger partial charge >= 0.3 is 5.97 Å². The van der Waals surface area contributed by atoms with Crippen LogP contribution < -0.4 is 5.32 Å². The van der Waals surface area contributed by atoms with Gasteiger partial charge in [-0.15, -0.1) is 0 Å². The Kier molecular flexibility index (Phi) is 6.47. The number of carboxylic acids is 1. The molecule has 1 saturated heterocycles. The number of likely N-dealkylation sites (N-methyl/N-ethyl adjacent to an activating group) is 1. The smallest absolute Gasteiger partial charge is 0.320 e. The Morgan fingerprint density at radius 2 is 2.18 bits per heavy atom. The molecular weight excluding hydrogens is 220 g/mol. The summed E-state index contributed by atoms with van der Waals surface area (Å²) in [5.74, 6) is -0.767. The number of piperidine rings is 1. The summed E-state index contributed by atoms with van der Waals surface area (Å²) in [6.45, 7) is 5.68. The van der Waals surface area contributed by atoms with Crippen molar-refractivity contribution in [3.8, 4) is 0 Å². The van der Waals surface area contributed by atoms with Crippen LogP contribution >= 0.6 is 0 Å². The summed E-state index contributed by atoms with van der Waals surface area (Å²) < 4.78 is 5.58. The summed E-state index contributed by atoms with van der Waals surface area (Å²) in [4.78, 5) is 13.2. The second kappa shape index (κ2) is 7.63. The van der Waals surface area contributed by atoms with Gasteiger partial charge in [0.1, 0.15) is 6.04 Å². The molecule has 5 nitrogen and oxygen atoms in total. The minimum atomic E-state index is -0.767. The van der Waals surface area contributed by atoms with Gasteiger partial charge in [-0.1, -0.05) is 0 Å². The number of nitrogens with zero attached hydrogens (tertiary/aromatic N) is 1. The molecular formula is C12H24N2O3. The first-order chi connectivity index (χ1) is 8.17. The first-order valence-corrected chi connectivity index (χ1v) is 6.41. The first-order valence-electron chi connectivity index (χ1n) is 6.41. The molecule has 1 unspecified atom stereocenters. The van der Waals surface area contributed by atoms with E-state index >= 15 is 0 Å². The van der Waals surface area contributed by atoms with Crippen LogP contribution in [0, 0.1) is 0 Å². The number of hydrogen-bond acceptors (Lipinski definition) is 4. The SMILES string of the molecule is CCOC1CCN(CCC(NC)C(=O)O)CC1. The van der Waals surface area contributed by atoms with Crippen LogP contribution in [0.2, 0.25) is 0 Å². The highest BCUT2D eigenvalue weighted by molar-refractivity contribution is 5.73. The third-order valence-corrected chi connectivity index (χ3v) is 3.32. The molecule has 0 aliphatic carbocycles. The Hall–Kier alpha value is -0.650. The Morgan fingerprint density at radius 1 is 1.53 bits per heavy atom. The lowest BCUT2D eigenvalue weighted by molar-refractivity contribution is -0.139. The molecule has 1 heterocycles. The van der Waals surface area contributed by atoms with Gasteiger partial charge in [-0.3, -0.25) is 4.79 Å². The number of ether oxygens (including phenoxy) is 1. The minimum Gasteiger partial charge on any atom is -0.480 e. The molecule has 0 amide bonds. The van der Waals surface area contributed by atoms with E-state index in [1.54, 1.807) is 7.05 Å². The Balaban J connectivity index is 2.19. The number of nitrogens with one attached hydrogen (secondary N) is 1. The lowest BCUT2D eigenvalue weighted by Gasteiger charge is -2.32. The zero-order valence-corrected chi connectivity index (χ0v) is 10.8. The monoisotopic (exact) mass is 244 g/mol. The zero-order valence-electron chi connectivity index (χ0n) is 10.8. The van der Waals surface area contributed by atoms with E-state index in [0.717, 1.165) is 39.1 Å². The standard InChI is InChI=1S/C12H24N2O3/c1-3-17-10-4-7-14(8-5-10)9-6-11(13-2)12(15)16/h10-11,13H,3-9H2,1-2H3,(H,15,16). The number of carboxylic acid groups (broad SMARTS) is 1. The van der Waals surface area contributed by atoms with Gasteiger partial charge in [-0.2, -0.15) is 0 Å². The van der Waals surface area contributed by atoms with E-state index in [0.29, 0.717) is 12.5 Å². The molecule has 0 radical (unpaired) electrons. The van der Waals surface area contributed by atoms with Gasteiger partial charge < -0.3 is 20.1 Å². The van der Waals surface area contributed by atoms with Crippen molar-refractivity contribution in [2.45, 2.75) is 38.3 Å². The summed E-state index contributed by atoms with van der Waals surface area (Å²) in [6.07, 6.45) is 3.18. The molecule has 1 aliphatic rings. The highest BCUT2D eigenvalue weighted by Gasteiger charge is 2.21. The highest BCUT2D eigenvalue weighted by atomic mass is 16.5. The second-order valence-electron chi connectivity index (χ2n) is 4.46. The van der Waals surface area contributed by atoms with Crippen molar-refractivity contribution in [1.29, 1.82) is 0 Å². The Labute approximate surface area is 103 Å². The van der Waals surface area contributed by atoms with Crippen LogP contribution in [0.4, 0.5) is 0 Å². The third kappa shape index (κ3) is 5.02. The lowest BCUT2D eigenvalue weighted by atomic mass is 10.1. The van der Waals surface area contributed by atoms with Crippen LogP contribution in [0.3, 0.4) is 0 Å². The minimum absolute atomic E-state index is 0.399. The average Bonchev–Trinajstić information content (AvgIpc) is 2.32. The first kappa shape index (κ1) is 14.4. The topological polar surface area (TPSA) is 61.8 Å². The second-order valence-corrected chi connectivity index (χ2v) is 4.46. The molecule has 5 heteroatoms. The van der Waals surface area contributed by atoms with E-state index < -0.39 is 12.0 Å². The van der Waals surface area contributed by atoms with Crippen molar-refractivity contribution < 1.29 is 14.6 Å². The fourth-order valence-corrected chi connectivity index (χ4v) is 2.24. The van der Waals surface area contributed by atoms with E-state index in [4.69, 9.17) is 9.84 Å². The van der Waals surface area contributed by atoms with Crippen LogP contribution in [-0.2, 0) is 9.53 Å². The normalized spacial score (nSPS) is 20.4. The summed E-state index contributed by atoms with van der Waals surface area (Å²) in [5.41, 5.74) is 0. The average molecular weight is 244 g/mol. The zero-order chi connectivity index (χ0) is 12.7. The largest absolute Gasteiger partial charge is 0.480 e. The van der Waals surface area contributed by atoms with Crippen molar-refractivity contribution >= 4 is 5.97 Å². The van der Waals surface area contributed by atoms with Crippen molar-refractivity contribution in [3.05, 3.63) is 0 Å². The lowest BCUT2D eigenvalue weighted by Crippen LogP contribution is -2.41. The maximum Gasteiger partial charge on any atom is 0.320 e. The molecule has 2 N–H and O–H groups in total. The van der Waals surface area contributed by atoms with Crippen molar-refractivity contribution in [1.82, 2.24) is 10.2 Å². The molecule has 0 bridgehead atoms. The van der Waals surface area contributed by atoms with Crippen LogP contribution in [0.25, 0.3) is 0 Å². The van der Waals surface area contributed by atoms with E-state index in [1.165, 1.54) is 0 Å². The Morgan fingerprint density at radius 3 is 2.65 bits per heavy atom. The molecule has 100 valence electrons. The molecule has 0 aromatic heterocycles. The van der Waals surface area contributed by atoms with Gasteiger partial charge in [0.15, 0.2) is 0 Å². The fourth-order valence-electron chi connectivity index (χ4n) is 2.24. The predicted molar refractivity (Wildman–Crippen MR) is 66.2 cm³/mol. The van der Waals surface area contributed by atoms with Crippen LogP contribution in [0.1, 0.15) is 26.2 Å². The number of rotatable bonds is 7. The maximum atomic E-state index is 10.8. The van der Waals surface area contributed by atoms with Crippen LogP contribution in [0.5, 0.6) is 0 Å². The Bertz CT molecular complexity index is 228.